The van der Waals surface area contributed by atoms with Crippen LogP contribution in [0.3, 0.4) is 0 Å². The Labute approximate surface area is 162 Å². The summed E-state index contributed by atoms with van der Waals surface area (Å²) < 4.78 is 13.5. The van der Waals surface area contributed by atoms with Crippen LogP contribution in [0.2, 0.25) is 0 Å². The van der Waals surface area contributed by atoms with Crippen LogP contribution in [0, 0.1) is 18.7 Å². The Morgan fingerprint density at radius 3 is 2.96 bits per heavy atom. The van der Waals surface area contributed by atoms with Gasteiger partial charge in [-0.1, -0.05) is 12.1 Å². The highest BCUT2D eigenvalue weighted by molar-refractivity contribution is 5.97. The number of rotatable bonds is 5. The zero-order valence-corrected chi connectivity index (χ0v) is 15.7. The van der Waals surface area contributed by atoms with Gasteiger partial charge in [0.15, 0.2) is 0 Å². The van der Waals surface area contributed by atoms with Crippen LogP contribution in [-0.2, 0) is 16.0 Å². The molecule has 2 N–H and O–H groups in total. The van der Waals surface area contributed by atoms with Crippen molar-refractivity contribution in [1.82, 2.24) is 9.88 Å². The smallest absolute Gasteiger partial charge is 0.229 e. The first-order valence-electron chi connectivity index (χ1n) is 9.40. The maximum atomic E-state index is 13.5. The van der Waals surface area contributed by atoms with Gasteiger partial charge in [0.1, 0.15) is 5.82 Å². The van der Waals surface area contributed by atoms with E-state index in [1.54, 1.807) is 11.0 Å². The van der Waals surface area contributed by atoms with E-state index in [4.69, 9.17) is 0 Å². The summed E-state index contributed by atoms with van der Waals surface area (Å²) in [6.07, 6.45) is 2.69. The summed E-state index contributed by atoms with van der Waals surface area (Å²) >= 11 is 0. The first-order valence-corrected chi connectivity index (χ1v) is 9.40. The average Bonchev–Trinajstić information content (AvgIpc) is 3.23. The number of fused-ring (bicyclic) bond motifs is 1. The van der Waals surface area contributed by atoms with Gasteiger partial charge in [0.2, 0.25) is 11.8 Å². The highest BCUT2D eigenvalue weighted by Gasteiger charge is 2.34. The Balaban J connectivity index is 1.38. The van der Waals surface area contributed by atoms with Crippen LogP contribution < -0.4 is 5.32 Å². The molecule has 2 amide bonds. The summed E-state index contributed by atoms with van der Waals surface area (Å²) in [5.41, 5.74) is 3.66. The Morgan fingerprint density at radius 1 is 1.29 bits per heavy atom. The Bertz CT molecular complexity index is 1040. The number of aromatic nitrogens is 1. The summed E-state index contributed by atoms with van der Waals surface area (Å²) in [5.74, 6) is -0.780. The summed E-state index contributed by atoms with van der Waals surface area (Å²) in [6.45, 7) is 2.89. The van der Waals surface area contributed by atoms with Gasteiger partial charge in [-0.05, 0) is 54.8 Å². The molecule has 0 radical (unpaired) electrons. The van der Waals surface area contributed by atoms with Crippen LogP contribution in [0.1, 0.15) is 17.5 Å². The number of halogens is 1. The molecule has 0 bridgehead atoms. The molecule has 5 nitrogen and oxygen atoms in total. The number of carbonyl (C=O) groups is 2. The van der Waals surface area contributed by atoms with E-state index >= 15 is 0 Å². The van der Waals surface area contributed by atoms with Crippen LogP contribution in [0.15, 0.2) is 48.7 Å². The summed E-state index contributed by atoms with van der Waals surface area (Å²) in [4.78, 5) is 29.7. The maximum Gasteiger partial charge on any atom is 0.229 e. The summed E-state index contributed by atoms with van der Waals surface area (Å²) in [6, 6.07) is 12.2. The molecule has 3 aromatic rings. The molecule has 144 valence electrons. The summed E-state index contributed by atoms with van der Waals surface area (Å²) in [5, 5.41) is 3.74. The van der Waals surface area contributed by atoms with E-state index in [-0.39, 0.29) is 30.0 Å². The molecule has 1 atom stereocenters. The van der Waals surface area contributed by atoms with Crippen molar-refractivity contribution in [3.63, 3.8) is 0 Å². The molecule has 2 heterocycles. The fourth-order valence-corrected chi connectivity index (χ4v) is 3.74. The zero-order chi connectivity index (χ0) is 19.7. The minimum atomic E-state index is -0.353. The minimum absolute atomic E-state index is 0.0181. The van der Waals surface area contributed by atoms with Crippen molar-refractivity contribution < 1.29 is 14.0 Å². The molecule has 1 saturated heterocycles. The molecule has 2 aromatic carbocycles. The maximum absolute atomic E-state index is 13.5. The number of hydrogen-bond acceptors (Lipinski definition) is 2. The van der Waals surface area contributed by atoms with Gasteiger partial charge in [0.25, 0.3) is 0 Å². The van der Waals surface area contributed by atoms with Gasteiger partial charge in [-0.2, -0.15) is 0 Å². The molecular weight excluding hydrogens is 357 g/mol. The largest absolute Gasteiger partial charge is 0.361 e. The molecule has 0 spiro atoms. The van der Waals surface area contributed by atoms with Crippen molar-refractivity contribution in [2.24, 2.45) is 5.92 Å². The lowest BCUT2D eigenvalue weighted by molar-refractivity contribution is -0.128. The number of hydrogen-bond donors (Lipinski definition) is 2. The molecule has 1 aliphatic rings. The molecule has 0 unspecified atom stereocenters. The SMILES string of the molecule is Cc1cccc(NC(=O)[C@H]2CC(=O)N(CCc3c[nH]c4ccc(F)cc34)C2)c1. The lowest BCUT2D eigenvalue weighted by Gasteiger charge is -2.16. The number of H-pyrrole nitrogens is 1. The number of benzene rings is 2. The fraction of sp³-hybridized carbons (Fsp3) is 0.273. The Morgan fingerprint density at radius 2 is 2.14 bits per heavy atom. The molecule has 1 aromatic heterocycles. The predicted molar refractivity (Wildman–Crippen MR) is 106 cm³/mol. The first-order chi connectivity index (χ1) is 13.5. The van der Waals surface area contributed by atoms with Crippen LogP contribution >= 0.6 is 0 Å². The van der Waals surface area contributed by atoms with Crippen molar-refractivity contribution >= 4 is 28.4 Å². The lowest BCUT2D eigenvalue weighted by Crippen LogP contribution is -2.30. The van der Waals surface area contributed by atoms with Crippen molar-refractivity contribution in [2.45, 2.75) is 19.8 Å². The van der Waals surface area contributed by atoms with E-state index in [1.165, 1.54) is 12.1 Å². The molecule has 0 saturated carbocycles. The van der Waals surface area contributed by atoms with Crippen LogP contribution in [0.4, 0.5) is 10.1 Å². The molecule has 1 fully saturated rings. The van der Waals surface area contributed by atoms with E-state index in [0.717, 1.165) is 27.7 Å². The lowest BCUT2D eigenvalue weighted by atomic mass is 10.1. The quantitative estimate of drug-likeness (QED) is 0.711. The van der Waals surface area contributed by atoms with Crippen LogP contribution in [0.5, 0.6) is 0 Å². The zero-order valence-electron chi connectivity index (χ0n) is 15.7. The average molecular weight is 379 g/mol. The normalized spacial score (nSPS) is 16.7. The monoisotopic (exact) mass is 379 g/mol. The molecule has 4 rings (SSSR count). The number of aromatic amines is 1. The van der Waals surface area contributed by atoms with Gasteiger partial charge >= 0.3 is 0 Å². The predicted octanol–water partition coefficient (Wildman–Crippen LogP) is 3.65. The fourth-order valence-electron chi connectivity index (χ4n) is 3.74. The Hall–Kier alpha value is -3.15. The number of aryl methyl sites for hydroxylation is 1. The van der Waals surface area contributed by atoms with E-state index < -0.39 is 0 Å². The highest BCUT2D eigenvalue weighted by atomic mass is 19.1. The molecule has 0 aliphatic carbocycles. The van der Waals surface area contributed by atoms with Crippen LogP contribution in [0.25, 0.3) is 10.9 Å². The van der Waals surface area contributed by atoms with Gasteiger partial charge in [-0.3, -0.25) is 9.59 Å². The van der Waals surface area contributed by atoms with Gasteiger partial charge in [-0.25, -0.2) is 4.39 Å². The van der Waals surface area contributed by atoms with E-state index in [0.29, 0.717) is 19.5 Å². The van der Waals surface area contributed by atoms with Gasteiger partial charge in [-0.15, -0.1) is 0 Å². The molecule has 28 heavy (non-hydrogen) atoms. The number of amides is 2. The number of likely N-dealkylation sites (tertiary alicyclic amines) is 1. The van der Waals surface area contributed by atoms with Crippen molar-refractivity contribution in [2.75, 3.05) is 18.4 Å². The second-order valence-corrected chi connectivity index (χ2v) is 7.35. The minimum Gasteiger partial charge on any atom is -0.361 e. The second kappa shape index (κ2) is 7.46. The Kier molecular flexibility index (Phi) is 4.86. The summed E-state index contributed by atoms with van der Waals surface area (Å²) in [7, 11) is 0. The number of anilines is 1. The van der Waals surface area contributed by atoms with Gasteiger partial charge in [0, 0.05) is 42.3 Å². The highest BCUT2D eigenvalue weighted by Crippen LogP contribution is 2.23. The van der Waals surface area contributed by atoms with Crippen molar-refractivity contribution in [3.8, 4) is 0 Å². The second-order valence-electron chi connectivity index (χ2n) is 7.35. The topological polar surface area (TPSA) is 65.2 Å². The van der Waals surface area contributed by atoms with Gasteiger partial charge < -0.3 is 15.2 Å². The molecular formula is C22H22FN3O2. The van der Waals surface area contributed by atoms with E-state index in [1.807, 2.05) is 37.4 Å². The van der Waals surface area contributed by atoms with Crippen molar-refractivity contribution in [3.05, 3.63) is 65.6 Å². The molecule has 1 aliphatic heterocycles. The van der Waals surface area contributed by atoms with Gasteiger partial charge in [0.05, 0.1) is 5.92 Å². The third-order valence-electron chi connectivity index (χ3n) is 5.25. The first kappa shape index (κ1) is 18.2. The third-order valence-corrected chi connectivity index (χ3v) is 5.25. The van der Waals surface area contributed by atoms with E-state index in [9.17, 15) is 14.0 Å². The standard InChI is InChI=1S/C22H22FN3O2/c1-14-3-2-4-18(9-14)25-22(28)16-10-21(27)26(13-16)8-7-15-12-24-20-6-5-17(23)11-19(15)20/h2-6,9,11-12,16,24H,7-8,10,13H2,1H3,(H,25,28)/t16-/m0/s1. The third kappa shape index (κ3) is 3.76. The number of nitrogens with zero attached hydrogens (tertiary/aromatic N) is 1. The van der Waals surface area contributed by atoms with Crippen LogP contribution in [-0.4, -0.2) is 34.8 Å². The number of carbonyl (C=O) groups excluding carboxylic acids is 2. The van der Waals surface area contributed by atoms with Crippen molar-refractivity contribution in [1.29, 1.82) is 0 Å². The number of nitrogens with one attached hydrogen (secondary N) is 2. The van der Waals surface area contributed by atoms with E-state index in [2.05, 4.69) is 10.3 Å². The molecule has 6 heteroatoms.